The van der Waals surface area contributed by atoms with Gasteiger partial charge in [0.05, 0.1) is 0 Å². The average molecular weight is 440 g/mol. The molecule has 6 heteroatoms. The number of hydrogen-bond acceptors (Lipinski definition) is 4. The molecule has 31 heavy (non-hydrogen) atoms. The van der Waals surface area contributed by atoms with E-state index in [0.717, 1.165) is 16.3 Å². The molecule has 0 bridgehead atoms. The third kappa shape index (κ3) is 5.60. The number of hydrogen-bond donors (Lipinski definition) is 0. The van der Waals surface area contributed by atoms with Crippen LogP contribution in [0.3, 0.4) is 0 Å². The van der Waals surface area contributed by atoms with E-state index in [4.69, 9.17) is 9.05 Å². The van der Waals surface area contributed by atoms with Crippen molar-refractivity contribution < 1.29 is 48.1 Å². The quantitative estimate of drug-likeness (QED) is 0.342. The maximum atomic E-state index is 12.4. The van der Waals surface area contributed by atoms with Gasteiger partial charge >= 0.3 is 37.4 Å². The van der Waals surface area contributed by atoms with Crippen LogP contribution in [0, 0.1) is 0 Å². The van der Waals surface area contributed by atoms with E-state index < -0.39 is 7.82 Å². The summed E-state index contributed by atoms with van der Waals surface area (Å²) in [7, 11) is -4.58. The van der Waals surface area contributed by atoms with Crippen molar-refractivity contribution in [2.24, 2.45) is 0 Å². The maximum Gasteiger partial charge on any atom is 1.00 e. The second kappa shape index (κ2) is 9.60. The summed E-state index contributed by atoms with van der Waals surface area (Å²) in [5.74, 6) is 0.426. The van der Waals surface area contributed by atoms with Crippen molar-refractivity contribution in [1.29, 1.82) is 0 Å². The van der Waals surface area contributed by atoms with Gasteiger partial charge in [0.25, 0.3) is 0 Å². The van der Waals surface area contributed by atoms with Gasteiger partial charge < -0.3 is 13.9 Å². The van der Waals surface area contributed by atoms with Crippen molar-refractivity contribution in [3.05, 3.63) is 108 Å². The van der Waals surface area contributed by atoms with Gasteiger partial charge in [-0.2, -0.15) is 0 Å². The Labute approximate surface area is 204 Å². The first kappa shape index (κ1) is 23.6. The fourth-order valence-electron chi connectivity index (χ4n) is 3.45. The van der Waals surface area contributed by atoms with Crippen LogP contribution in [0.25, 0.3) is 10.8 Å². The van der Waals surface area contributed by atoms with Crippen LogP contribution in [0.5, 0.6) is 11.5 Å². The molecule has 0 aliphatic heterocycles. The van der Waals surface area contributed by atoms with E-state index in [1.807, 2.05) is 60.7 Å². The molecule has 0 aliphatic carbocycles. The Kier molecular flexibility index (Phi) is 7.31. The largest absolute Gasteiger partial charge is 1.00 e. The van der Waals surface area contributed by atoms with E-state index in [2.05, 4.69) is 26.0 Å². The molecule has 4 rings (SSSR count). The van der Waals surface area contributed by atoms with Gasteiger partial charge in [-0.3, -0.25) is 0 Å². The van der Waals surface area contributed by atoms with E-state index in [1.54, 1.807) is 24.3 Å². The zero-order valence-electron chi connectivity index (χ0n) is 17.8. The minimum Gasteiger partial charge on any atom is -0.736 e. The molecule has 0 heterocycles. The smallest absolute Gasteiger partial charge is 0.736 e. The van der Waals surface area contributed by atoms with Crippen LogP contribution in [-0.4, -0.2) is 0 Å². The molecular formula is C25H22NaO4P. The average Bonchev–Trinajstić information content (AvgIpc) is 2.74. The second-order valence-electron chi connectivity index (χ2n) is 7.65. The van der Waals surface area contributed by atoms with Crippen molar-refractivity contribution in [3.8, 4) is 11.5 Å². The number of phosphoric acid groups is 1. The summed E-state index contributed by atoms with van der Waals surface area (Å²) >= 11 is 0. The van der Waals surface area contributed by atoms with Crippen molar-refractivity contribution >= 4 is 18.6 Å². The fraction of sp³-hybridized carbons (Fsp3) is 0.120. The summed E-state index contributed by atoms with van der Waals surface area (Å²) < 4.78 is 22.7. The van der Waals surface area contributed by atoms with Crippen molar-refractivity contribution in [1.82, 2.24) is 0 Å². The first-order valence-electron chi connectivity index (χ1n) is 9.69. The van der Waals surface area contributed by atoms with Crippen LogP contribution in [-0.2, 0) is 9.98 Å². The summed E-state index contributed by atoms with van der Waals surface area (Å²) in [6.07, 6.45) is 0. The molecular weight excluding hydrogens is 418 g/mol. The van der Waals surface area contributed by atoms with E-state index >= 15 is 0 Å². The molecule has 4 aromatic rings. The Bertz CT molecular complexity index is 1210. The zero-order valence-corrected chi connectivity index (χ0v) is 20.7. The van der Waals surface area contributed by atoms with Crippen LogP contribution in [0.2, 0.25) is 0 Å². The van der Waals surface area contributed by atoms with Gasteiger partial charge in [0.1, 0.15) is 11.5 Å². The molecule has 0 saturated heterocycles. The van der Waals surface area contributed by atoms with Crippen molar-refractivity contribution in [3.63, 3.8) is 0 Å². The maximum absolute atomic E-state index is 12.4. The Morgan fingerprint density at radius 3 is 1.87 bits per heavy atom. The van der Waals surface area contributed by atoms with Crippen LogP contribution in [0.4, 0.5) is 0 Å². The Morgan fingerprint density at radius 1 is 0.677 bits per heavy atom. The summed E-state index contributed by atoms with van der Waals surface area (Å²) in [5.41, 5.74) is 2.01. The fourth-order valence-corrected chi connectivity index (χ4v) is 4.24. The van der Waals surface area contributed by atoms with Gasteiger partial charge in [-0.1, -0.05) is 86.6 Å². The summed E-state index contributed by atoms with van der Waals surface area (Å²) in [6, 6.07) is 29.9. The standard InChI is InChI=1S/C25H23O4P.Na/c1-25(2,21-10-4-3-5-11-21)22-13-16-23(17-14-22)28-30(26,27)29-24-15-12-19-8-6-7-9-20(19)18-24;/h3-18H,1-2H3,(H,26,27);/q;+1/p-1. The molecule has 152 valence electrons. The molecule has 4 nitrogen and oxygen atoms in total. The van der Waals surface area contributed by atoms with Gasteiger partial charge in [-0.25, -0.2) is 4.57 Å². The van der Waals surface area contributed by atoms with Gasteiger partial charge in [-0.05, 0) is 46.2 Å². The summed E-state index contributed by atoms with van der Waals surface area (Å²) in [4.78, 5) is 12.4. The van der Waals surface area contributed by atoms with Crippen molar-refractivity contribution in [2.75, 3.05) is 0 Å². The Hall–Kier alpha value is -2.07. The van der Waals surface area contributed by atoms with E-state index in [0.29, 0.717) is 0 Å². The zero-order chi connectivity index (χ0) is 21.2. The third-order valence-corrected chi connectivity index (χ3v) is 6.10. The van der Waals surface area contributed by atoms with Gasteiger partial charge in [0.2, 0.25) is 0 Å². The molecule has 0 saturated carbocycles. The minimum absolute atomic E-state index is 0. The molecule has 1 unspecified atom stereocenters. The predicted octanol–water partition coefficient (Wildman–Crippen LogP) is 3.10. The molecule has 4 aromatic carbocycles. The Morgan fingerprint density at radius 2 is 1.19 bits per heavy atom. The molecule has 0 fully saturated rings. The third-order valence-electron chi connectivity index (χ3n) is 5.23. The van der Waals surface area contributed by atoms with E-state index in [1.165, 1.54) is 5.56 Å². The molecule has 0 aliphatic rings. The first-order chi connectivity index (χ1) is 14.3. The van der Waals surface area contributed by atoms with Crippen LogP contribution < -0.4 is 43.5 Å². The molecule has 0 aromatic heterocycles. The van der Waals surface area contributed by atoms with Crippen molar-refractivity contribution in [2.45, 2.75) is 19.3 Å². The van der Waals surface area contributed by atoms with Crippen LogP contribution >= 0.6 is 7.82 Å². The molecule has 0 radical (unpaired) electrons. The SMILES string of the molecule is CC(C)(c1ccccc1)c1ccc(OP(=O)([O-])Oc2ccc3ccccc3c2)cc1.[Na+]. The number of rotatable bonds is 6. The molecule has 1 atom stereocenters. The van der Waals surface area contributed by atoms with E-state index in [-0.39, 0.29) is 46.5 Å². The summed E-state index contributed by atoms with van der Waals surface area (Å²) in [5, 5.41) is 1.89. The number of benzene rings is 4. The summed E-state index contributed by atoms with van der Waals surface area (Å²) in [6.45, 7) is 4.25. The topological polar surface area (TPSA) is 58.6 Å². The second-order valence-corrected chi connectivity index (χ2v) is 8.91. The number of fused-ring (bicyclic) bond motifs is 1. The van der Waals surface area contributed by atoms with Gasteiger partial charge in [0.15, 0.2) is 0 Å². The normalized spacial score (nSPS) is 13.1. The minimum atomic E-state index is -4.58. The molecule has 0 amide bonds. The van der Waals surface area contributed by atoms with E-state index in [9.17, 15) is 9.46 Å². The van der Waals surface area contributed by atoms with Crippen LogP contribution in [0.15, 0.2) is 97.1 Å². The molecule has 0 spiro atoms. The predicted molar refractivity (Wildman–Crippen MR) is 118 cm³/mol. The van der Waals surface area contributed by atoms with Crippen LogP contribution in [0.1, 0.15) is 25.0 Å². The van der Waals surface area contributed by atoms with Gasteiger partial charge in [-0.15, -0.1) is 0 Å². The molecule has 0 N–H and O–H groups in total. The first-order valence-corrected chi connectivity index (χ1v) is 11.1. The Balaban J connectivity index is 0.00000272. The van der Waals surface area contributed by atoms with Gasteiger partial charge in [0, 0.05) is 5.41 Å². The monoisotopic (exact) mass is 440 g/mol. The number of phosphoric ester groups is 1.